The number of hydrogen-bond acceptors (Lipinski definition) is 9. The molecule has 1 amide bonds. The Morgan fingerprint density at radius 3 is 2.35 bits per heavy atom. The number of furan rings is 1. The first-order valence-corrected chi connectivity index (χ1v) is 8.48. The van der Waals surface area contributed by atoms with Crippen LogP contribution >= 0.6 is 0 Å². The average Bonchev–Trinajstić information content (AvgIpc) is 3.29. The third kappa shape index (κ3) is 4.95. The van der Waals surface area contributed by atoms with Gasteiger partial charge in [0.05, 0.1) is 27.9 Å². The summed E-state index contributed by atoms with van der Waals surface area (Å²) in [6.07, 6.45) is 2.36. The lowest BCUT2D eigenvalue weighted by molar-refractivity contribution is -0.385. The number of carbonyl (C=O) groups excluding carboxylic acids is 2. The standard InChI is InChI=1S/C19H12N4O8/c24-18(16-5-2-10-30-16)21-20-11-13-3-1-4-15(23(28)29)17(13)31-19(25)12-6-8-14(9-7-12)22(26)27/h1-11H,(H,21,24)/b20-11+. The molecule has 1 aromatic heterocycles. The SMILES string of the molecule is O=C(Oc1c(/C=N/NC(=O)c2ccco2)cccc1[N+](=O)[O-])c1ccc([N+](=O)[O-])cc1. The number of hydrogen-bond donors (Lipinski definition) is 1. The summed E-state index contributed by atoms with van der Waals surface area (Å²) in [7, 11) is 0. The molecule has 0 saturated heterocycles. The van der Waals surface area contributed by atoms with E-state index in [0.717, 1.165) is 36.5 Å². The Bertz CT molecular complexity index is 1170. The summed E-state index contributed by atoms with van der Waals surface area (Å²) in [4.78, 5) is 45.0. The lowest BCUT2D eigenvalue weighted by Gasteiger charge is -2.08. The fourth-order valence-electron chi connectivity index (χ4n) is 2.39. The summed E-state index contributed by atoms with van der Waals surface area (Å²) in [5.74, 6) is -2.04. The van der Waals surface area contributed by atoms with Crippen molar-refractivity contribution < 1.29 is 28.6 Å². The molecule has 1 heterocycles. The molecule has 0 saturated carbocycles. The first-order chi connectivity index (χ1) is 14.9. The summed E-state index contributed by atoms with van der Waals surface area (Å²) in [6.45, 7) is 0. The van der Waals surface area contributed by atoms with Crippen molar-refractivity contribution in [2.45, 2.75) is 0 Å². The van der Waals surface area contributed by atoms with Crippen LogP contribution in [0.3, 0.4) is 0 Å². The van der Waals surface area contributed by atoms with E-state index in [2.05, 4.69) is 10.5 Å². The molecular formula is C19H12N4O8. The maximum atomic E-state index is 12.4. The van der Waals surface area contributed by atoms with Crippen LogP contribution in [0.1, 0.15) is 26.5 Å². The van der Waals surface area contributed by atoms with Crippen molar-refractivity contribution in [2.24, 2.45) is 5.10 Å². The number of hydrazone groups is 1. The van der Waals surface area contributed by atoms with E-state index in [9.17, 15) is 29.8 Å². The van der Waals surface area contributed by atoms with Gasteiger partial charge in [-0.2, -0.15) is 5.10 Å². The lowest BCUT2D eigenvalue weighted by atomic mass is 10.1. The number of nitrogens with one attached hydrogen (secondary N) is 1. The molecule has 0 aliphatic rings. The molecule has 12 heteroatoms. The van der Waals surface area contributed by atoms with Gasteiger partial charge in [-0.05, 0) is 30.3 Å². The predicted molar refractivity (Wildman–Crippen MR) is 105 cm³/mol. The first kappa shape index (κ1) is 20.9. The summed E-state index contributed by atoms with van der Waals surface area (Å²) in [6, 6.07) is 11.3. The number of para-hydroxylation sites is 1. The van der Waals surface area contributed by atoms with E-state index in [0.29, 0.717) is 0 Å². The number of esters is 1. The number of rotatable bonds is 7. The number of nitro groups is 2. The first-order valence-electron chi connectivity index (χ1n) is 8.48. The maximum Gasteiger partial charge on any atom is 0.343 e. The Labute approximate surface area is 173 Å². The van der Waals surface area contributed by atoms with E-state index in [1.54, 1.807) is 0 Å². The van der Waals surface area contributed by atoms with Gasteiger partial charge >= 0.3 is 17.6 Å². The van der Waals surface area contributed by atoms with Crippen LogP contribution in [0.4, 0.5) is 11.4 Å². The molecule has 156 valence electrons. The Morgan fingerprint density at radius 1 is 1.00 bits per heavy atom. The highest BCUT2D eigenvalue weighted by atomic mass is 16.6. The van der Waals surface area contributed by atoms with Gasteiger partial charge in [0.15, 0.2) is 5.76 Å². The highest BCUT2D eigenvalue weighted by Gasteiger charge is 2.22. The van der Waals surface area contributed by atoms with Crippen LogP contribution in [-0.2, 0) is 0 Å². The van der Waals surface area contributed by atoms with Crippen molar-refractivity contribution in [3.63, 3.8) is 0 Å². The minimum atomic E-state index is -0.974. The number of ether oxygens (including phenoxy) is 1. The molecule has 3 aromatic rings. The van der Waals surface area contributed by atoms with Gasteiger partial charge in [0.25, 0.3) is 5.69 Å². The van der Waals surface area contributed by atoms with Gasteiger partial charge in [-0.15, -0.1) is 0 Å². The molecule has 0 atom stereocenters. The number of carbonyl (C=O) groups is 2. The summed E-state index contributed by atoms with van der Waals surface area (Å²) >= 11 is 0. The Hall–Kier alpha value is -4.87. The Balaban J connectivity index is 1.84. The molecule has 3 rings (SSSR count). The zero-order valence-electron chi connectivity index (χ0n) is 15.5. The van der Waals surface area contributed by atoms with Gasteiger partial charge in [0, 0.05) is 23.8 Å². The van der Waals surface area contributed by atoms with E-state index in [4.69, 9.17) is 9.15 Å². The smallest absolute Gasteiger partial charge is 0.343 e. The number of amides is 1. The van der Waals surface area contributed by atoms with Crippen LogP contribution < -0.4 is 10.2 Å². The molecular weight excluding hydrogens is 412 g/mol. The molecule has 0 unspecified atom stereocenters. The fourth-order valence-corrected chi connectivity index (χ4v) is 2.39. The van der Waals surface area contributed by atoms with Gasteiger partial charge < -0.3 is 9.15 Å². The van der Waals surface area contributed by atoms with Crippen molar-refractivity contribution in [1.29, 1.82) is 0 Å². The maximum absolute atomic E-state index is 12.4. The molecule has 12 nitrogen and oxygen atoms in total. The molecule has 31 heavy (non-hydrogen) atoms. The normalized spacial score (nSPS) is 10.6. The minimum Gasteiger partial charge on any atom is -0.459 e. The zero-order valence-corrected chi connectivity index (χ0v) is 15.5. The number of non-ortho nitro benzene ring substituents is 1. The zero-order chi connectivity index (χ0) is 22.4. The van der Waals surface area contributed by atoms with Crippen molar-refractivity contribution in [1.82, 2.24) is 5.43 Å². The molecule has 0 fully saturated rings. The van der Waals surface area contributed by atoms with Gasteiger partial charge in [-0.3, -0.25) is 25.0 Å². The highest BCUT2D eigenvalue weighted by molar-refractivity contribution is 5.95. The number of nitrogens with zero attached hydrogens (tertiary/aromatic N) is 3. The average molecular weight is 424 g/mol. The van der Waals surface area contributed by atoms with E-state index >= 15 is 0 Å². The lowest BCUT2D eigenvalue weighted by Crippen LogP contribution is -2.17. The van der Waals surface area contributed by atoms with Crippen molar-refractivity contribution in [3.05, 3.63) is 98.0 Å². The van der Waals surface area contributed by atoms with Gasteiger partial charge in [-0.1, -0.05) is 6.07 Å². The third-order valence-electron chi connectivity index (χ3n) is 3.84. The van der Waals surface area contributed by atoms with E-state index in [-0.39, 0.29) is 22.6 Å². The second-order valence-corrected chi connectivity index (χ2v) is 5.82. The third-order valence-corrected chi connectivity index (χ3v) is 3.84. The van der Waals surface area contributed by atoms with Crippen LogP contribution in [0.15, 0.2) is 70.4 Å². The Kier molecular flexibility index (Phi) is 6.11. The van der Waals surface area contributed by atoms with E-state index in [1.165, 1.54) is 30.5 Å². The number of benzene rings is 2. The van der Waals surface area contributed by atoms with Gasteiger partial charge in [0.1, 0.15) is 0 Å². The van der Waals surface area contributed by atoms with Crippen LogP contribution in [0.5, 0.6) is 5.75 Å². The molecule has 0 spiro atoms. The van der Waals surface area contributed by atoms with Crippen molar-refractivity contribution >= 4 is 29.5 Å². The van der Waals surface area contributed by atoms with Crippen LogP contribution in [0, 0.1) is 20.2 Å². The summed E-state index contributed by atoms with van der Waals surface area (Å²) in [5, 5.41) is 25.8. The predicted octanol–water partition coefficient (Wildman–Crippen LogP) is 3.08. The molecule has 2 aromatic carbocycles. The van der Waals surface area contributed by atoms with Crippen molar-refractivity contribution in [3.8, 4) is 5.75 Å². The van der Waals surface area contributed by atoms with Crippen molar-refractivity contribution in [2.75, 3.05) is 0 Å². The molecule has 0 radical (unpaired) electrons. The Morgan fingerprint density at radius 2 is 1.74 bits per heavy atom. The molecule has 1 N–H and O–H groups in total. The van der Waals surface area contributed by atoms with Gasteiger partial charge in [0.2, 0.25) is 5.75 Å². The monoisotopic (exact) mass is 424 g/mol. The summed E-state index contributed by atoms with van der Waals surface area (Å²) < 4.78 is 10.1. The van der Waals surface area contributed by atoms with E-state index in [1.807, 2.05) is 0 Å². The minimum absolute atomic E-state index is 0.000939. The molecule has 0 aliphatic carbocycles. The largest absolute Gasteiger partial charge is 0.459 e. The number of nitro benzene ring substituents is 2. The van der Waals surface area contributed by atoms with Crippen LogP contribution in [-0.4, -0.2) is 27.9 Å². The van der Waals surface area contributed by atoms with Crippen LogP contribution in [0.2, 0.25) is 0 Å². The van der Waals surface area contributed by atoms with Gasteiger partial charge in [-0.25, -0.2) is 10.2 Å². The highest BCUT2D eigenvalue weighted by Crippen LogP contribution is 2.31. The quantitative estimate of drug-likeness (QED) is 0.198. The molecule has 0 aliphatic heterocycles. The van der Waals surface area contributed by atoms with Crippen LogP contribution in [0.25, 0.3) is 0 Å². The second-order valence-electron chi connectivity index (χ2n) is 5.82. The summed E-state index contributed by atoms with van der Waals surface area (Å²) in [5.41, 5.74) is 1.40. The van der Waals surface area contributed by atoms with E-state index < -0.39 is 33.2 Å². The fraction of sp³-hybridized carbons (Fsp3) is 0. The topological polar surface area (TPSA) is 167 Å². The molecule has 0 bridgehead atoms. The second kappa shape index (κ2) is 9.09.